The molecule has 446 valence electrons. The highest BCUT2D eigenvalue weighted by atomic mass is 32.2. The molecule has 0 fully saturated rings. The zero-order valence-corrected chi connectivity index (χ0v) is 48.5. The predicted molar refractivity (Wildman–Crippen MR) is 310 cm³/mol. The van der Waals surface area contributed by atoms with Gasteiger partial charge in [-0.05, 0) is 96.9 Å². The number of hydrogen-bond acceptors (Lipinski definition) is 16. The first kappa shape index (κ1) is 65.6. The molecule has 5 rings (SSSR count). The molecule has 0 aliphatic heterocycles. The van der Waals surface area contributed by atoms with Gasteiger partial charge < -0.3 is 67.9 Å². The van der Waals surface area contributed by atoms with E-state index in [0.29, 0.717) is 17.2 Å². The Morgan fingerprint density at radius 2 is 0.952 bits per heavy atom. The molecule has 5 aromatic rings. The molecular weight excluding hydrogens is 1110 g/mol. The first-order valence-corrected chi connectivity index (χ1v) is 32.1. The molecule has 23 nitrogen and oxygen atoms in total. The van der Waals surface area contributed by atoms with Gasteiger partial charge in [0.15, 0.2) is 0 Å². The van der Waals surface area contributed by atoms with Crippen LogP contribution in [0.25, 0.3) is 0 Å². The Labute approximate surface area is 482 Å². The number of rotatable bonds is 30. The third kappa shape index (κ3) is 21.2. The van der Waals surface area contributed by atoms with E-state index in [-0.39, 0.29) is 72.1 Å². The Balaban J connectivity index is 1.39. The summed E-state index contributed by atoms with van der Waals surface area (Å²) in [7, 11) is -5.44. The van der Waals surface area contributed by atoms with Crippen LogP contribution >= 0.6 is 0 Å². The first-order valence-electron chi connectivity index (χ1n) is 26.7. The van der Waals surface area contributed by atoms with E-state index in [9.17, 15) is 67.5 Å². The Morgan fingerprint density at radius 1 is 0.530 bits per heavy atom. The zero-order valence-electron chi connectivity index (χ0n) is 46.7. The van der Waals surface area contributed by atoms with E-state index in [4.69, 9.17) is 10.5 Å². The van der Waals surface area contributed by atoms with E-state index in [2.05, 4.69) is 36.6 Å². The van der Waals surface area contributed by atoms with E-state index in [1.165, 1.54) is 79.7 Å². The second kappa shape index (κ2) is 30.7. The summed E-state index contributed by atoms with van der Waals surface area (Å²) in [5.41, 5.74) is 7.83. The molecule has 9 atom stereocenters. The second-order valence-corrected chi connectivity index (χ2v) is 28.7. The number of esters is 1. The lowest BCUT2D eigenvalue weighted by molar-refractivity contribution is -0.149. The van der Waals surface area contributed by atoms with Gasteiger partial charge in [0.1, 0.15) is 66.1 Å². The minimum atomic E-state index is -3.71. The molecule has 0 saturated heterocycles. The Bertz CT molecular complexity index is 3080. The molecule has 0 aliphatic carbocycles. The highest BCUT2D eigenvalue weighted by Crippen LogP contribution is 2.23. The fourth-order valence-corrected chi connectivity index (χ4v) is 12.4. The summed E-state index contributed by atoms with van der Waals surface area (Å²) in [5, 5.41) is 67.3. The van der Waals surface area contributed by atoms with Crippen molar-refractivity contribution >= 4 is 59.5 Å². The molecule has 25 heteroatoms. The van der Waals surface area contributed by atoms with Crippen LogP contribution in [-0.2, 0) is 61.3 Å². The van der Waals surface area contributed by atoms with E-state index < -0.39 is 114 Å². The maximum Gasteiger partial charge on any atom is 0.329 e. The lowest BCUT2D eigenvalue weighted by atomic mass is 10.0. The third-order valence-electron chi connectivity index (χ3n) is 13.1. The third-order valence-corrected chi connectivity index (χ3v) is 16.6. The van der Waals surface area contributed by atoms with E-state index in [0.717, 1.165) is 6.92 Å². The zero-order chi connectivity index (χ0) is 61.0. The predicted octanol–water partition coefficient (Wildman–Crippen LogP) is 2.24. The van der Waals surface area contributed by atoms with E-state index in [1.54, 1.807) is 60.7 Å². The topological polar surface area (TPSA) is 374 Å². The Morgan fingerprint density at radius 3 is 1.43 bits per heavy atom. The molecule has 0 heterocycles. The molecule has 0 bridgehead atoms. The quantitative estimate of drug-likeness (QED) is 0.0178. The maximum absolute atomic E-state index is 14.7. The van der Waals surface area contributed by atoms with Crippen molar-refractivity contribution in [2.75, 3.05) is 12.3 Å². The number of phenols is 3. The van der Waals surface area contributed by atoms with Gasteiger partial charge in [0.05, 0.1) is 18.0 Å². The molecule has 83 heavy (non-hydrogen) atoms. The van der Waals surface area contributed by atoms with Crippen LogP contribution in [0.4, 0.5) is 0 Å². The van der Waals surface area contributed by atoms with Crippen LogP contribution in [0.2, 0.25) is 25.7 Å². The highest BCUT2D eigenvalue weighted by molar-refractivity contribution is 7.89. The van der Waals surface area contributed by atoms with Crippen LogP contribution in [0.3, 0.4) is 0 Å². The second-order valence-electron chi connectivity index (χ2n) is 21.2. The molecule has 0 unspecified atom stereocenters. The van der Waals surface area contributed by atoms with Crippen LogP contribution < -0.4 is 42.4 Å². The van der Waals surface area contributed by atoms with Crippen molar-refractivity contribution < 1.29 is 72.2 Å². The van der Waals surface area contributed by atoms with E-state index in [1.807, 2.05) is 19.6 Å². The number of aliphatic hydroxyl groups excluding tert-OH is 2. The highest BCUT2D eigenvalue weighted by Gasteiger charge is 2.37. The summed E-state index contributed by atoms with van der Waals surface area (Å²) in [6, 6.07) is 21.8. The lowest BCUT2D eigenvalue weighted by Crippen LogP contribution is -2.59. The summed E-state index contributed by atoms with van der Waals surface area (Å²) >= 11 is 0. The summed E-state index contributed by atoms with van der Waals surface area (Å²) in [6.45, 7) is 8.17. The van der Waals surface area contributed by atoms with Crippen molar-refractivity contribution in [2.24, 2.45) is 5.73 Å². The molecule has 6 amide bonds. The molecule has 14 N–H and O–H groups in total. The number of benzene rings is 5. The number of nitrogens with two attached hydrogens (primary N) is 1. The van der Waals surface area contributed by atoms with Crippen molar-refractivity contribution in [2.45, 2.75) is 120 Å². The molecule has 0 aromatic heterocycles. The number of carbonyl (C=O) groups excluding carboxylic acids is 7. The first-order chi connectivity index (χ1) is 39.2. The van der Waals surface area contributed by atoms with Crippen molar-refractivity contribution in [3.05, 3.63) is 161 Å². The average Bonchev–Trinajstić information content (AvgIpc) is 3.57. The van der Waals surface area contributed by atoms with Crippen molar-refractivity contribution in [3.8, 4) is 17.2 Å². The molecular formula is C58H74N8O15SSi. The number of aliphatic hydroxyl groups is 2. The Hall–Kier alpha value is -8.20. The van der Waals surface area contributed by atoms with Gasteiger partial charge in [0, 0.05) is 21.0 Å². The smallest absolute Gasteiger partial charge is 0.329 e. The molecule has 0 radical (unpaired) electrons. The van der Waals surface area contributed by atoms with Gasteiger partial charge in [-0.1, -0.05) is 117 Å². The van der Waals surface area contributed by atoms with Crippen LogP contribution in [0, 0.1) is 0 Å². The van der Waals surface area contributed by atoms with Crippen molar-refractivity contribution in [3.63, 3.8) is 0 Å². The normalized spacial score (nSPS) is 14.8. The number of amides is 6. The maximum atomic E-state index is 14.7. The number of aromatic hydroxyl groups is 3. The lowest BCUT2D eigenvalue weighted by Gasteiger charge is -2.29. The Kier molecular flexibility index (Phi) is 24.3. The average molecular weight is 1180 g/mol. The molecule has 0 saturated carbocycles. The minimum absolute atomic E-state index is 0.000295. The molecule has 5 aromatic carbocycles. The monoisotopic (exact) mass is 1180 g/mol. The fraction of sp³-hybridized carbons (Fsp3) is 0.362. The van der Waals surface area contributed by atoms with Crippen molar-refractivity contribution in [1.82, 2.24) is 36.6 Å². The largest absolute Gasteiger partial charge is 0.508 e. The summed E-state index contributed by atoms with van der Waals surface area (Å²) in [4.78, 5) is 99.2. The SMILES string of the molecule is C[C@H](O)[C@H](NC(=O)[C@H](NC(=O)[C@@H](NC(=O)[C@H](NC(=O)[C@@H](CCCNS(=O)(=O)CC[Si](C)(C)C)NC(=O)[C@H](N)c1ccc(O)cc1)[C@@H](C)O)c1ccc(O)cc1)c1ccc(O)cc1)C(=O)N[C@@H](Cc1ccccc1)C(=O)OCc1ccccc1. The summed E-state index contributed by atoms with van der Waals surface area (Å²) < 4.78 is 33.7. The fourth-order valence-electron chi connectivity index (χ4n) is 8.24. The van der Waals surface area contributed by atoms with Crippen molar-refractivity contribution in [1.29, 1.82) is 0 Å². The van der Waals surface area contributed by atoms with Crippen LogP contribution in [-0.4, -0.2) is 132 Å². The minimum Gasteiger partial charge on any atom is -0.508 e. The molecule has 0 aliphatic rings. The van der Waals surface area contributed by atoms with Gasteiger partial charge in [0.25, 0.3) is 0 Å². The van der Waals surface area contributed by atoms with Gasteiger partial charge in [0.2, 0.25) is 45.5 Å². The van der Waals surface area contributed by atoms with Crippen LogP contribution in [0.5, 0.6) is 17.2 Å². The van der Waals surface area contributed by atoms with Crippen LogP contribution in [0.1, 0.15) is 72.6 Å². The standard InChI is InChI=1S/C58H74N8O15SSi/c1-35(67)48(54(74)62-46(33-37-13-8-6-9-14-37)58(78)81-34-38-15-10-7-11-16-38)64-56(76)50(40-20-26-43(70)27-21-40)66-57(77)51(41-22-28-44(71)29-23-41)65-55(75)49(36(2)68)63-52(72)45(17-12-30-60-82(79,80)31-32-83(3,4)5)61-53(73)47(59)39-18-24-42(69)25-19-39/h6-11,13-16,18-29,35-36,45-51,60,67-71H,12,17,30-34,59H2,1-5H3,(H,61,73)(H,62,74)(H,63,72)(H,64,76)(H,65,75)(H,66,77)/t35-,36+,45+,46-,47+,48-,49+,50+,51-/m0/s1. The molecule has 0 spiro atoms. The summed E-state index contributed by atoms with van der Waals surface area (Å²) in [6.07, 6.45) is -3.59. The van der Waals surface area contributed by atoms with Gasteiger partial charge >= 0.3 is 5.97 Å². The number of nitrogens with one attached hydrogen (secondary N) is 7. The number of sulfonamides is 1. The van der Waals surface area contributed by atoms with E-state index >= 15 is 0 Å². The van der Waals surface area contributed by atoms with Gasteiger partial charge in [-0.25, -0.2) is 17.9 Å². The number of ether oxygens (including phenoxy) is 1. The van der Waals surface area contributed by atoms with Crippen LogP contribution in [0.15, 0.2) is 133 Å². The number of phenolic OH excluding ortho intramolecular Hbond substituents is 3. The summed E-state index contributed by atoms with van der Waals surface area (Å²) in [5.74, 6) is -7.81. The number of carbonyl (C=O) groups is 7. The van der Waals surface area contributed by atoms with Gasteiger partial charge in [-0.2, -0.15) is 0 Å². The van der Waals surface area contributed by atoms with Gasteiger partial charge in [-0.15, -0.1) is 0 Å². The number of hydrogen-bond donors (Lipinski definition) is 13. The van der Waals surface area contributed by atoms with Gasteiger partial charge in [-0.3, -0.25) is 28.8 Å².